The van der Waals surface area contributed by atoms with Gasteiger partial charge in [0.1, 0.15) is 12.4 Å². The molecule has 0 fully saturated rings. The molecule has 2 N–H and O–H groups in total. The molecule has 0 aliphatic rings. The fraction of sp³-hybridized carbons (Fsp3) is 0.350. The number of nitriles is 1. The second-order valence-electron chi connectivity index (χ2n) is 6.42. The normalized spacial score (nSPS) is 11.1. The Labute approximate surface area is 143 Å². The number of ether oxygens (including phenoxy) is 1. The minimum absolute atomic E-state index is 0.114. The molecule has 0 unspecified atom stereocenters. The van der Waals surface area contributed by atoms with Crippen LogP contribution in [0.4, 0.5) is 0 Å². The van der Waals surface area contributed by atoms with Crippen molar-refractivity contribution < 1.29 is 9.84 Å². The quantitative estimate of drug-likeness (QED) is 0.781. The zero-order valence-corrected chi connectivity index (χ0v) is 14.2. The second-order valence-corrected chi connectivity index (χ2v) is 6.42. The number of aliphatic hydroxyl groups is 1. The van der Waals surface area contributed by atoms with Crippen LogP contribution < -0.4 is 10.1 Å². The number of benzene rings is 2. The Hall–Kier alpha value is -2.35. The fourth-order valence-corrected chi connectivity index (χ4v) is 2.37. The largest absolute Gasteiger partial charge is 0.489 e. The average molecular weight is 324 g/mol. The molecule has 2 aromatic carbocycles. The Kier molecular flexibility index (Phi) is 6.36. The molecular formula is C20H24N2O2. The highest BCUT2D eigenvalue weighted by molar-refractivity contribution is 5.37. The predicted molar refractivity (Wildman–Crippen MR) is 94.6 cm³/mol. The second kappa shape index (κ2) is 8.49. The van der Waals surface area contributed by atoms with E-state index in [9.17, 15) is 0 Å². The molecule has 4 nitrogen and oxygen atoms in total. The van der Waals surface area contributed by atoms with Gasteiger partial charge in [0.2, 0.25) is 0 Å². The highest BCUT2D eigenvalue weighted by Crippen LogP contribution is 2.17. The van der Waals surface area contributed by atoms with Crippen molar-refractivity contribution in [3.63, 3.8) is 0 Å². The minimum Gasteiger partial charge on any atom is -0.489 e. The summed E-state index contributed by atoms with van der Waals surface area (Å²) in [7, 11) is 0. The third kappa shape index (κ3) is 5.38. The van der Waals surface area contributed by atoms with Gasteiger partial charge in [-0.15, -0.1) is 0 Å². The molecule has 2 rings (SSSR count). The van der Waals surface area contributed by atoms with Crippen molar-refractivity contribution in [3.8, 4) is 11.8 Å². The standard InChI is InChI=1S/C20H24N2O2/c1-20(2,10-11-23)22-14-16-6-5-9-19(12-16)24-15-18-8-4-3-7-17(18)13-21/h3-9,12,22-23H,10-11,14-15H2,1-2H3. The summed E-state index contributed by atoms with van der Waals surface area (Å²) in [4.78, 5) is 0. The van der Waals surface area contributed by atoms with Crippen LogP contribution in [-0.2, 0) is 13.2 Å². The topological polar surface area (TPSA) is 65.3 Å². The van der Waals surface area contributed by atoms with Gasteiger partial charge >= 0.3 is 0 Å². The van der Waals surface area contributed by atoms with E-state index in [4.69, 9.17) is 15.1 Å². The van der Waals surface area contributed by atoms with E-state index in [1.165, 1.54) is 0 Å². The third-order valence-electron chi connectivity index (χ3n) is 3.94. The zero-order valence-electron chi connectivity index (χ0n) is 14.2. The lowest BCUT2D eigenvalue weighted by molar-refractivity contribution is 0.230. The molecule has 2 aromatic rings. The number of hydrogen-bond acceptors (Lipinski definition) is 4. The van der Waals surface area contributed by atoms with Crippen molar-refractivity contribution in [3.05, 3.63) is 65.2 Å². The van der Waals surface area contributed by atoms with Crippen molar-refractivity contribution in [2.24, 2.45) is 0 Å². The number of aliphatic hydroxyl groups excluding tert-OH is 1. The van der Waals surface area contributed by atoms with Gasteiger partial charge < -0.3 is 15.2 Å². The Morgan fingerprint density at radius 2 is 1.96 bits per heavy atom. The molecule has 0 aromatic heterocycles. The molecule has 0 amide bonds. The molecule has 24 heavy (non-hydrogen) atoms. The van der Waals surface area contributed by atoms with Crippen LogP contribution in [0, 0.1) is 11.3 Å². The Bertz CT molecular complexity index is 705. The summed E-state index contributed by atoms with van der Waals surface area (Å²) in [6.45, 7) is 5.39. The fourth-order valence-electron chi connectivity index (χ4n) is 2.37. The van der Waals surface area contributed by atoms with E-state index in [0.29, 0.717) is 25.1 Å². The van der Waals surface area contributed by atoms with Gasteiger partial charge in [0.25, 0.3) is 0 Å². The van der Waals surface area contributed by atoms with Gasteiger partial charge in [0, 0.05) is 24.3 Å². The van der Waals surface area contributed by atoms with E-state index in [1.807, 2.05) is 42.5 Å². The molecular weight excluding hydrogens is 300 g/mol. The molecule has 4 heteroatoms. The Morgan fingerprint density at radius 1 is 1.17 bits per heavy atom. The first-order chi connectivity index (χ1) is 11.5. The summed E-state index contributed by atoms with van der Waals surface area (Å²) in [6.07, 6.45) is 0.703. The lowest BCUT2D eigenvalue weighted by Crippen LogP contribution is -2.39. The molecule has 0 bridgehead atoms. The van der Waals surface area contributed by atoms with E-state index in [-0.39, 0.29) is 12.1 Å². The lowest BCUT2D eigenvalue weighted by Gasteiger charge is -2.25. The lowest BCUT2D eigenvalue weighted by atomic mass is 10.0. The van der Waals surface area contributed by atoms with Crippen LogP contribution in [0.2, 0.25) is 0 Å². The van der Waals surface area contributed by atoms with Crippen LogP contribution in [0.5, 0.6) is 5.75 Å². The number of nitrogens with zero attached hydrogens (tertiary/aromatic N) is 1. The molecule has 0 aliphatic carbocycles. The SMILES string of the molecule is CC(C)(CCO)NCc1cccc(OCc2ccccc2C#N)c1. The van der Waals surface area contributed by atoms with Gasteiger partial charge in [-0.05, 0) is 44.0 Å². The van der Waals surface area contributed by atoms with Crippen molar-refractivity contribution in [2.75, 3.05) is 6.61 Å². The molecule has 0 saturated heterocycles. The number of rotatable bonds is 8. The monoisotopic (exact) mass is 324 g/mol. The van der Waals surface area contributed by atoms with Crippen LogP contribution >= 0.6 is 0 Å². The van der Waals surface area contributed by atoms with Crippen molar-refractivity contribution in [1.29, 1.82) is 5.26 Å². The van der Waals surface area contributed by atoms with Crippen LogP contribution in [-0.4, -0.2) is 17.3 Å². The number of hydrogen-bond donors (Lipinski definition) is 2. The zero-order chi connectivity index (χ0) is 17.4. The molecule has 126 valence electrons. The van der Waals surface area contributed by atoms with Crippen LogP contribution in [0.1, 0.15) is 37.0 Å². The molecule has 0 atom stereocenters. The predicted octanol–water partition coefficient (Wildman–Crippen LogP) is 3.39. The van der Waals surface area contributed by atoms with E-state index in [2.05, 4.69) is 25.2 Å². The van der Waals surface area contributed by atoms with Gasteiger partial charge in [0.15, 0.2) is 0 Å². The smallest absolute Gasteiger partial charge is 0.120 e. The summed E-state index contributed by atoms with van der Waals surface area (Å²) in [5.41, 5.74) is 2.53. The first kappa shape index (κ1) is 18.0. The van der Waals surface area contributed by atoms with Crippen molar-refractivity contribution in [1.82, 2.24) is 5.32 Å². The minimum atomic E-state index is -0.114. The van der Waals surface area contributed by atoms with Gasteiger partial charge in [-0.3, -0.25) is 0 Å². The van der Waals surface area contributed by atoms with E-state index < -0.39 is 0 Å². The van der Waals surface area contributed by atoms with Crippen molar-refractivity contribution >= 4 is 0 Å². The summed E-state index contributed by atoms with van der Waals surface area (Å²) >= 11 is 0. The molecule has 0 spiro atoms. The maximum Gasteiger partial charge on any atom is 0.120 e. The summed E-state index contributed by atoms with van der Waals surface area (Å²) in [5.74, 6) is 0.780. The van der Waals surface area contributed by atoms with Crippen LogP contribution in [0.15, 0.2) is 48.5 Å². The van der Waals surface area contributed by atoms with Gasteiger partial charge in [0.05, 0.1) is 11.6 Å². The third-order valence-corrected chi connectivity index (χ3v) is 3.94. The van der Waals surface area contributed by atoms with Crippen molar-refractivity contribution in [2.45, 2.75) is 39.0 Å². The average Bonchev–Trinajstić information content (AvgIpc) is 2.59. The van der Waals surface area contributed by atoms with Crippen LogP contribution in [0.3, 0.4) is 0 Å². The Balaban J connectivity index is 1.97. The molecule has 0 aliphatic heterocycles. The van der Waals surface area contributed by atoms with E-state index in [1.54, 1.807) is 6.07 Å². The highest BCUT2D eigenvalue weighted by Gasteiger charge is 2.15. The summed E-state index contributed by atoms with van der Waals surface area (Å²) in [6, 6.07) is 17.5. The highest BCUT2D eigenvalue weighted by atomic mass is 16.5. The van der Waals surface area contributed by atoms with Gasteiger partial charge in [-0.25, -0.2) is 0 Å². The van der Waals surface area contributed by atoms with E-state index >= 15 is 0 Å². The molecule has 0 heterocycles. The molecule has 0 radical (unpaired) electrons. The summed E-state index contributed by atoms with van der Waals surface area (Å²) in [5, 5.41) is 21.6. The molecule has 0 saturated carbocycles. The maximum atomic E-state index is 9.12. The summed E-state index contributed by atoms with van der Waals surface area (Å²) < 4.78 is 5.84. The van der Waals surface area contributed by atoms with Crippen LogP contribution in [0.25, 0.3) is 0 Å². The van der Waals surface area contributed by atoms with Gasteiger partial charge in [-0.2, -0.15) is 5.26 Å². The first-order valence-corrected chi connectivity index (χ1v) is 8.10. The number of nitrogens with one attached hydrogen (secondary N) is 1. The first-order valence-electron chi connectivity index (χ1n) is 8.10. The van der Waals surface area contributed by atoms with Gasteiger partial charge in [-0.1, -0.05) is 30.3 Å². The maximum absolute atomic E-state index is 9.12. The van der Waals surface area contributed by atoms with E-state index in [0.717, 1.165) is 16.9 Å². The Morgan fingerprint density at radius 3 is 2.71 bits per heavy atom.